The van der Waals surface area contributed by atoms with Crippen LogP contribution in [-0.2, 0) is 0 Å². The van der Waals surface area contributed by atoms with Gasteiger partial charge in [-0.3, -0.25) is 9.36 Å². The van der Waals surface area contributed by atoms with Crippen molar-refractivity contribution in [2.75, 3.05) is 0 Å². The first-order valence-electron chi connectivity index (χ1n) is 8.32. The van der Waals surface area contributed by atoms with Crippen LogP contribution in [0.1, 0.15) is 43.0 Å². The lowest BCUT2D eigenvalue weighted by molar-refractivity contribution is 0.0915. The minimum Gasteiger partial charge on any atom is -0.349 e. The zero-order valence-electron chi connectivity index (χ0n) is 13.2. The molecule has 2 saturated carbocycles. The van der Waals surface area contributed by atoms with E-state index in [1.54, 1.807) is 35.6 Å². The predicted octanol–water partition coefficient (Wildman–Crippen LogP) is 2.22. The fraction of sp³-hybridized carbons (Fsp3) is 0.529. The molecule has 0 aromatic carbocycles. The van der Waals surface area contributed by atoms with E-state index < -0.39 is 0 Å². The van der Waals surface area contributed by atoms with Gasteiger partial charge < -0.3 is 5.32 Å². The van der Waals surface area contributed by atoms with Crippen LogP contribution in [0.3, 0.4) is 0 Å². The van der Waals surface area contributed by atoms with Crippen molar-refractivity contribution >= 4 is 5.91 Å². The van der Waals surface area contributed by atoms with E-state index in [-0.39, 0.29) is 11.9 Å². The van der Waals surface area contributed by atoms with Gasteiger partial charge in [-0.15, -0.1) is 10.2 Å². The third kappa shape index (κ3) is 2.73. The van der Waals surface area contributed by atoms with Crippen molar-refractivity contribution in [3.05, 3.63) is 36.5 Å². The third-order valence-corrected chi connectivity index (χ3v) is 5.49. The molecule has 4 rings (SSSR count). The molecule has 1 N–H and O–H groups in total. The monoisotopic (exact) mass is 311 g/mol. The zero-order chi connectivity index (χ0) is 15.8. The molecular weight excluding hydrogens is 290 g/mol. The van der Waals surface area contributed by atoms with Crippen molar-refractivity contribution in [1.29, 1.82) is 0 Å². The Hall–Kier alpha value is -2.24. The Bertz CT molecular complexity index is 682. The molecule has 1 amide bonds. The molecule has 0 saturated heterocycles. The Kier molecular flexibility index (Phi) is 3.59. The number of fused-ring (bicyclic) bond motifs is 2. The SMILES string of the molecule is CC(NC(=O)c1ccc(-n2cnnc2)nc1)C1CC2CCC1C2. The molecule has 0 spiro atoms. The van der Waals surface area contributed by atoms with Crippen molar-refractivity contribution in [2.45, 2.75) is 38.6 Å². The molecule has 2 aliphatic rings. The first kappa shape index (κ1) is 14.4. The summed E-state index contributed by atoms with van der Waals surface area (Å²) in [7, 11) is 0. The number of rotatable bonds is 4. The minimum atomic E-state index is -0.0388. The highest BCUT2D eigenvalue weighted by Gasteiger charge is 2.42. The maximum absolute atomic E-state index is 12.4. The fourth-order valence-electron chi connectivity index (χ4n) is 4.30. The number of hydrogen-bond acceptors (Lipinski definition) is 4. The van der Waals surface area contributed by atoms with E-state index >= 15 is 0 Å². The van der Waals surface area contributed by atoms with Crippen LogP contribution >= 0.6 is 0 Å². The van der Waals surface area contributed by atoms with Crippen LogP contribution in [-0.4, -0.2) is 31.7 Å². The van der Waals surface area contributed by atoms with Gasteiger partial charge in [0, 0.05) is 12.2 Å². The molecule has 4 atom stereocenters. The van der Waals surface area contributed by atoms with Crippen LogP contribution in [0.25, 0.3) is 5.82 Å². The molecule has 2 fully saturated rings. The molecule has 2 aliphatic carbocycles. The summed E-state index contributed by atoms with van der Waals surface area (Å²) in [6, 6.07) is 3.83. The molecule has 6 nitrogen and oxygen atoms in total. The quantitative estimate of drug-likeness (QED) is 0.939. The van der Waals surface area contributed by atoms with Crippen molar-refractivity contribution in [1.82, 2.24) is 25.1 Å². The number of nitrogens with one attached hydrogen (secondary N) is 1. The van der Waals surface area contributed by atoms with Crippen LogP contribution < -0.4 is 5.32 Å². The van der Waals surface area contributed by atoms with E-state index in [0.717, 1.165) is 11.8 Å². The number of carbonyl (C=O) groups excluding carboxylic acids is 1. The second kappa shape index (κ2) is 5.76. The summed E-state index contributed by atoms with van der Waals surface area (Å²) in [5.74, 6) is 3.01. The largest absolute Gasteiger partial charge is 0.349 e. The molecule has 2 heterocycles. The van der Waals surface area contributed by atoms with Crippen LogP contribution in [0.4, 0.5) is 0 Å². The van der Waals surface area contributed by atoms with Crippen molar-refractivity contribution in [2.24, 2.45) is 17.8 Å². The fourth-order valence-corrected chi connectivity index (χ4v) is 4.30. The smallest absolute Gasteiger partial charge is 0.253 e. The molecule has 0 radical (unpaired) electrons. The number of aromatic nitrogens is 4. The zero-order valence-corrected chi connectivity index (χ0v) is 13.2. The molecule has 6 heteroatoms. The molecule has 2 aromatic rings. The number of carbonyl (C=O) groups is 1. The Morgan fingerprint density at radius 1 is 1.26 bits per heavy atom. The van der Waals surface area contributed by atoms with E-state index in [0.29, 0.717) is 17.3 Å². The lowest BCUT2D eigenvalue weighted by Crippen LogP contribution is -2.40. The van der Waals surface area contributed by atoms with Gasteiger partial charge in [0.15, 0.2) is 0 Å². The summed E-state index contributed by atoms with van der Waals surface area (Å²) < 4.78 is 1.71. The topological polar surface area (TPSA) is 72.7 Å². The van der Waals surface area contributed by atoms with Gasteiger partial charge in [0.1, 0.15) is 18.5 Å². The maximum Gasteiger partial charge on any atom is 0.253 e. The molecule has 23 heavy (non-hydrogen) atoms. The Morgan fingerprint density at radius 3 is 2.70 bits per heavy atom. The van der Waals surface area contributed by atoms with Crippen molar-refractivity contribution < 1.29 is 4.79 Å². The van der Waals surface area contributed by atoms with Gasteiger partial charge in [-0.05, 0) is 56.1 Å². The van der Waals surface area contributed by atoms with E-state index in [9.17, 15) is 4.79 Å². The normalized spacial score (nSPS) is 27.1. The summed E-state index contributed by atoms with van der Waals surface area (Å²) in [4.78, 5) is 16.7. The van der Waals surface area contributed by atoms with Gasteiger partial charge in [-0.25, -0.2) is 4.98 Å². The summed E-state index contributed by atoms with van der Waals surface area (Å²) in [6.07, 6.45) is 10.1. The second-order valence-electron chi connectivity index (χ2n) is 6.88. The van der Waals surface area contributed by atoms with Crippen LogP contribution in [0.5, 0.6) is 0 Å². The summed E-state index contributed by atoms with van der Waals surface area (Å²) >= 11 is 0. The van der Waals surface area contributed by atoms with Crippen LogP contribution in [0.15, 0.2) is 31.0 Å². The maximum atomic E-state index is 12.4. The number of amides is 1. The van der Waals surface area contributed by atoms with Crippen molar-refractivity contribution in [3.63, 3.8) is 0 Å². The van der Waals surface area contributed by atoms with Gasteiger partial charge in [0.25, 0.3) is 5.91 Å². The first-order chi connectivity index (χ1) is 11.2. The first-order valence-corrected chi connectivity index (χ1v) is 8.32. The molecular formula is C17H21N5O. The van der Waals surface area contributed by atoms with Gasteiger partial charge in [0.2, 0.25) is 0 Å². The summed E-state index contributed by atoms with van der Waals surface area (Å²) in [5, 5.41) is 10.7. The Labute approximate surface area is 135 Å². The summed E-state index contributed by atoms with van der Waals surface area (Å²) in [6.45, 7) is 2.14. The average molecular weight is 311 g/mol. The van der Waals surface area contributed by atoms with E-state index in [1.165, 1.54) is 25.7 Å². The van der Waals surface area contributed by atoms with E-state index in [1.807, 2.05) is 0 Å². The molecule has 0 aliphatic heterocycles. The Balaban J connectivity index is 1.41. The molecule has 4 unspecified atom stereocenters. The second-order valence-corrected chi connectivity index (χ2v) is 6.88. The van der Waals surface area contributed by atoms with E-state index in [4.69, 9.17) is 0 Å². The predicted molar refractivity (Wildman–Crippen MR) is 85.0 cm³/mol. The lowest BCUT2D eigenvalue weighted by Gasteiger charge is -2.28. The van der Waals surface area contributed by atoms with Gasteiger partial charge in [-0.1, -0.05) is 6.42 Å². The van der Waals surface area contributed by atoms with Gasteiger partial charge >= 0.3 is 0 Å². The number of hydrogen-bond donors (Lipinski definition) is 1. The average Bonchev–Trinajstić information content (AvgIpc) is 3.32. The highest BCUT2D eigenvalue weighted by atomic mass is 16.1. The lowest BCUT2D eigenvalue weighted by atomic mass is 9.84. The van der Waals surface area contributed by atoms with E-state index in [2.05, 4.69) is 27.4 Å². The van der Waals surface area contributed by atoms with Gasteiger partial charge in [-0.2, -0.15) is 0 Å². The molecule has 120 valence electrons. The molecule has 2 bridgehead atoms. The highest BCUT2D eigenvalue weighted by molar-refractivity contribution is 5.94. The van der Waals surface area contributed by atoms with Crippen molar-refractivity contribution in [3.8, 4) is 5.82 Å². The Morgan fingerprint density at radius 2 is 2.09 bits per heavy atom. The van der Waals surface area contributed by atoms with Gasteiger partial charge in [0.05, 0.1) is 5.56 Å². The van der Waals surface area contributed by atoms with Crippen LogP contribution in [0.2, 0.25) is 0 Å². The minimum absolute atomic E-state index is 0.0388. The highest BCUT2D eigenvalue weighted by Crippen LogP contribution is 2.49. The summed E-state index contributed by atoms with van der Waals surface area (Å²) in [5.41, 5.74) is 0.594. The third-order valence-electron chi connectivity index (χ3n) is 5.49. The standard InChI is InChI=1S/C17H21N5O/c1-11(15-7-12-2-3-13(15)6-12)21-17(23)14-4-5-16(18-8-14)22-9-19-20-10-22/h4-5,8-13,15H,2-3,6-7H2,1H3,(H,21,23). The molecule has 2 aromatic heterocycles. The number of pyridine rings is 1. The number of nitrogens with zero attached hydrogens (tertiary/aromatic N) is 4. The van der Waals surface area contributed by atoms with Crippen LogP contribution in [0, 0.1) is 17.8 Å².